The first kappa shape index (κ1) is 18.1. The van der Waals surface area contributed by atoms with Crippen molar-refractivity contribution in [1.29, 1.82) is 0 Å². The molecule has 1 aromatic rings. The quantitative estimate of drug-likeness (QED) is 0.744. The van der Waals surface area contributed by atoms with Crippen LogP contribution in [0.4, 0.5) is 0 Å². The van der Waals surface area contributed by atoms with Gasteiger partial charge >= 0.3 is 0 Å². The summed E-state index contributed by atoms with van der Waals surface area (Å²) in [5.41, 5.74) is 2.17. The summed E-state index contributed by atoms with van der Waals surface area (Å²) < 4.78 is 7.42. The van der Waals surface area contributed by atoms with Gasteiger partial charge in [0.25, 0.3) is 5.56 Å². The number of amides is 1. The number of aromatic nitrogens is 1. The van der Waals surface area contributed by atoms with Crippen molar-refractivity contribution in [3.05, 3.63) is 45.9 Å². The summed E-state index contributed by atoms with van der Waals surface area (Å²) >= 11 is 0. The zero-order valence-corrected chi connectivity index (χ0v) is 16.4. The van der Waals surface area contributed by atoms with E-state index < -0.39 is 0 Å². The third-order valence-corrected chi connectivity index (χ3v) is 6.85. The molecule has 1 amide bonds. The molecule has 1 aromatic heterocycles. The molecule has 4 heterocycles. The number of fused-ring (bicyclic) bond motifs is 4. The summed E-state index contributed by atoms with van der Waals surface area (Å²) in [7, 11) is 0. The van der Waals surface area contributed by atoms with Crippen molar-refractivity contribution < 1.29 is 9.53 Å². The molecule has 2 fully saturated rings. The zero-order chi connectivity index (χ0) is 19.1. The molecule has 2 saturated heterocycles. The smallest absolute Gasteiger partial charge is 0.255 e. The van der Waals surface area contributed by atoms with E-state index in [1.54, 1.807) is 0 Å². The van der Waals surface area contributed by atoms with Crippen LogP contribution in [0, 0.1) is 11.8 Å². The third-order valence-electron chi connectivity index (χ3n) is 6.85. The summed E-state index contributed by atoms with van der Waals surface area (Å²) in [6.07, 6.45) is 7.10. The number of hydrogen-bond acceptors (Lipinski definition) is 4. The maximum atomic E-state index is 13.2. The minimum absolute atomic E-state index is 0.136. The second-order valence-electron chi connectivity index (χ2n) is 8.77. The Bertz CT molecular complexity index is 832. The largest absolute Gasteiger partial charge is 0.379 e. The van der Waals surface area contributed by atoms with Crippen molar-refractivity contribution in [3.8, 4) is 0 Å². The number of allylic oxidation sites excluding steroid dienone is 2. The molecule has 6 nitrogen and oxygen atoms in total. The first-order chi connectivity index (χ1) is 13.7. The van der Waals surface area contributed by atoms with Gasteiger partial charge in [-0.05, 0) is 31.2 Å². The van der Waals surface area contributed by atoms with Gasteiger partial charge in [-0.15, -0.1) is 0 Å². The Morgan fingerprint density at radius 3 is 2.64 bits per heavy atom. The number of rotatable bonds is 3. The van der Waals surface area contributed by atoms with Gasteiger partial charge in [-0.1, -0.05) is 18.2 Å². The van der Waals surface area contributed by atoms with Crippen LogP contribution in [0.1, 0.15) is 36.4 Å². The minimum atomic E-state index is 0.136. The van der Waals surface area contributed by atoms with Gasteiger partial charge in [0.05, 0.1) is 13.2 Å². The molecule has 1 aliphatic carbocycles. The van der Waals surface area contributed by atoms with Crippen molar-refractivity contribution in [2.24, 2.45) is 11.8 Å². The third kappa shape index (κ3) is 3.33. The lowest BCUT2D eigenvalue weighted by molar-refractivity contribution is -0.138. The standard InChI is InChI=1S/C22H29N3O3/c26-21(17-3-1-2-4-17)24-12-16-11-19(15-24)20-6-5-18(22(27)25(20)13-16)14-23-7-9-28-10-8-23/h1-2,5-6,16-17,19H,3-4,7-15H2/t16-,19+/m0/s1. The Morgan fingerprint density at radius 2 is 1.86 bits per heavy atom. The van der Waals surface area contributed by atoms with Gasteiger partial charge in [0.2, 0.25) is 5.91 Å². The van der Waals surface area contributed by atoms with Crippen molar-refractivity contribution in [1.82, 2.24) is 14.4 Å². The highest BCUT2D eigenvalue weighted by Crippen LogP contribution is 2.36. The molecular weight excluding hydrogens is 354 g/mol. The number of likely N-dealkylation sites (tertiary alicyclic amines) is 1. The van der Waals surface area contributed by atoms with Crippen molar-refractivity contribution in [2.45, 2.75) is 38.3 Å². The van der Waals surface area contributed by atoms with Crippen LogP contribution in [0.25, 0.3) is 0 Å². The Balaban J connectivity index is 1.35. The van der Waals surface area contributed by atoms with Crippen LogP contribution in [0.5, 0.6) is 0 Å². The molecule has 6 heteroatoms. The summed E-state index contributed by atoms with van der Waals surface area (Å²) in [5, 5.41) is 0. The maximum absolute atomic E-state index is 13.2. The lowest BCUT2D eigenvalue weighted by Gasteiger charge is -2.43. The minimum Gasteiger partial charge on any atom is -0.379 e. The first-order valence-corrected chi connectivity index (χ1v) is 10.7. The molecule has 5 rings (SSSR count). The number of nitrogens with zero attached hydrogens (tertiary/aromatic N) is 3. The fraction of sp³-hybridized carbons (Fsp3) is 0.636. The maximum Gasteiger partial charge on any atom is 0.255 e. The summed E-state index contributed by atoms with van der Waals surface area (Å²) in [6.45, 7) is 6.28. The summed E-state index contributed by atoms with van der Waals surface area (Å²) in [4.78, 5) is 30.4. The Hall–Kier alpha value is -1.92. The highest BCUT2D eigenvalue weighted by molar-refractivity contribution is 5.80. The van der Waals surface area contributed by atoms with Crippen molar-refractivity contribution >= 4 is 5.91 Å². The number of carbonyl (C=O) groups is 1. The molecular formula is C22H29N3O3. The van der Waals surface area contributed by atoms with E-state index in [9.17, 15) is 9.59 Å². The van der Waals surface area contributed by atoms with Gasteiger partial charge in [-0.25, -0.2) is 0 Å². The van der Waals surface area contributed by atoms with E-state index in [1.165, 1.54) is 0 Å². The highest BCUT2D eigenvalue weighted by Gasteiger charge is 2.38. The fourth-order valence-electron chi connectivity index (χ4n) is 5.37. The average molecular weight is 383 g/mol. The van der Waals surface area contributed by atoms with E-state index >= 15 is 0 Å². The van der Waals surface area contributed by atoms with Crippen LogP contribution in [0.2, 0.25) is 0 Å². The van der Waals surface area contributed by atoms with E-state index in [0.717, 1.165) is 76.5 Å². The van der Waals surface area contributed by atoms with Crippen LogP contribution in [0.15, 0.2) is 29.1 Å². The molecule has 0 saturated carbocycles. The van der Waals surface area contributed by atoms with E-state index in [1.807, 2.05) is 10.6 Å². The Labute approximate surface area is 165 Å². The van der Waals surface area contributed by atoms with E-state index in [0.29, 0.717) is 18.4 Å². The molecule has 28 heavy (non-hydrogen) atoms. The number of ether oxygens (including phenoxy) is 1. The highest BCUT2D eigenvalue weighted by atomic mass is 16.5. The lowest BCUT2D eigenvalue weighted by Crippen LogP contribution is -2.50. The fourth-order valence-corrected chi connectivity index (χ4v) is 5.37. The number of piperidine rings is 1. The molecule has 0 spiro atoms. The van der Waals surface area contributed by atoms with Crippen molar-refractivity contribution in [3.63, 3.8) is 0 Å². The van der Waals surface area contributed by atoms with Crippen LogP contribution in [0.3, 0.4) is 0 Å². The monoisotopic (exact) mass is 383 g/mol. The molecule has 4 aliphatic rings. The van der Waals surface area contributed by atoms with Gasteiger partial charge < -0.3 is 14.2 Å². The van der Waals surface area contributed by atoms with Crippen LogP contribution in [-0.4, -0.2) is 59.7 Å². The molecule has 150 valence electrons. The summed E-state index contributed by atoms with van der Waals surface area (Å²) in [5.74, 6) is 1.12. The first-order valence-electron chi connectivity index (χ1n) is 10.7. The number of hydrogen-bond donors (Lipinski definition) is 0. The molecule has 3 aliphatic heterocycles. The molecule has 0 aromatic carbocycles. The molecule has 2 bridgehead atoms. The van der Waals surface area contributed by atoms with Crippen LogP contribution < -0.4 is 5.56 Å². The van der Waals surface area contributed by atoms with Gasteiger partial charge in [-0.2, -0.15) is 0 Å². The van der Waals surface area contributed by atoms with Crippen LogP contribution in [-0.2, 0) is 22.6 Å². The van der Waals surface area contributed by atoms with E-state index in [-0.39, 0.29) is 17.4 Å². The van der Waals surface area contributed by atoms with Gasteiger partial charge in [0.1, 0.15) is 0 Å². The van der Waals surface area contributed by atoms with Gasteiger partial charge in [0.15, 0.2) is 0 Å². The molecule has 2 atom stereocenters. The molecule has 0 N–H and O–H groups in total. The summed E-state index contributed by atoms with van der Waals surface area (Å²) in [6, 6.07) is 4.16. The number of pyridine rings is 1. The predicted octanol–water partition coefficient (Wildman–Crippen LogP) is 1.59. The zero-order valence-electron chi connectivity index (χ0n) is 16.4. The second-order valence-corrected chi connectivity index (χ2v) is 8.77. The molecule has 0 unspecified atom stereocenters. The topological polar surface area (TPSA) is 54.8 Å². The van der Waals surface area contributed by atoms with Gasteiger partial charge in [-0.3, -0.25) is 14.5 Å². The predicted molar refractivity (Wildman–Crippen MR) is 106 cm³/mol. The van der Waals surface area contributed by atoms with Crippen molar-refractivity contribution in [2.75, 3.05) is 39.4 Å². The second kappa shape index (κ2) is 7.48. The average Bonchev–Trinajstić information content (AvgIpc) is 3.25. The molecule has 0 radical (unpaired) electrons. The van der Waals surface area contributed by atoms with E-state index in [2.05, 4.69) is 28.0 Å². The number of morpholine rings is 1. The number of carbonyl (C=O) groups excluding carboxylic acids is 1. The van der Waals surface area contributed by atoms with E-state index in [4.69, 9.17) is 4.74 Å². The lowest BCUT2D eigenvalue weighted by atomic mass is 9.82. The van der Waals surface area contributed by atoms with Gasteiger partial charge in [0, 0.05) is 62.4 Å². The Kier molecular flexibility index (Phi) is 4.85. The normalized spacial score (nSPS) is 27.8. The Morgan fingerprint density at radius 1 is 1.07 bits per heavy atom. The van der Waals surface area contributed by atoms with Crippen LogP contribution >= 0.6 is 0 Å². The SMILES string of the molecule is O=C(C1CC=CC1)N1C[C@@H]2C[C@H](C1)c1ccc(CN3CCOCC3)c(=O)n1C2.